The highest BCUT2D eigenvalue weighted by Crippen LogP contribution is 2.47. The number of fused-ring (bicyclic) bond motifs is 2. The Morgan fingerprint density at radius 2 is 1.28 bits per heavy atom. The van der Waals surface area contributed by atoms with Gasteiger partial charge in [-0.3, -0.25) is 0 Å². The highest BCUT2D eigenvalue weighted by atomic mass is 32.1. The van der Waals surface area contributed by atoms with Crippen molar-refractivity contribution in [1.29, 1.82) is 0 Å². The lowest BCUT2D eigenvalue weighted by molar-refractivity contribution is 0.362. The second kappa shape index (κ2) is 9.86. The first kappa shape index (κ1) is 18.3. The first-order valence-corrected chi connectivity index (χ1v) is 10.9. The molecule has 0 saturated heterocycles. The third-order valence-electron chi connectivity index (χ3n) is 4.86. The molecule has 25 heavy (non-hydrogen) atoms. The van der Waals surface area contributed by atoms with E-state index in [2.05, 4.69) is 19.1 Å². The lowest BCUT2D eigenvalue weighted by Crippen LogP contribution is -1.97. The van der Waals surface area contributed by atoms with E-state index in [1.807, 2.05) is 16.8 Å². The van der Waals surface area contributed by atoms with Crippen molar-refractivity contribution in [2.75, 3.05) is 0 Å². The Morgan fingerprint density at radius 1 is 0.680 bits per heavy atom. The monoisotopic (exact) mass is 358 g/mol. The maximum atomic E-state index is 5.94. The van der Waals surface area contributed by atoms with Crippen LogP contribution >= 0.6 is 11.3 Å². The Kier molecular flexibility index (Phi) is 7.22. The molecule has 0 atom stereocenters. The molecule has 2 aromatic rings. The van der Waals surface area contributed by atoms with Gasteiger partial charge in [0.25, 0.3) is 0 Å². The average Bonchev–Trinajstić information content (AvgIpc) is 3.08. The van der Waals surface area contributed by atoms with Crippen molar-refractivity contribution < 1.29 is 9.47 Å². The summed E-state index contributed by atoms with van der Waals surface area (Å²) >= 11 is 1.61. The van der Waals surface area contributed by atoms with Crippen molar-refractivity contribution in [3.63, 3.8) is 0 Å². The zero-order chi connectivity index (χ0) is 17.3. The van der Waals surface area contributed by atoms with Crippen LogP contribution in [0.15, 0.2) is 29.0 Å². The van der Waals surface area contributed by atoms with Gasteiger partial charge in [0.05, 0.1) is 0 Å². The zero-order valence-electron chi connectivity index (χ0n) is 15.4. The number of thiophene rings is 1. The molecule has 0 saturated carbocycles. The summed E-state index contributed by atoms with van der Waals surface area (Å²) < 4.78 is 11.8. The van der Waals surface area contributed by atoms with E-state index in [1.54, 1.807) is 11.3 Å². The Labute approximate surface area is 156 Å². The summed E-state index contributed by atoms with van der Waals surface area (Å²) in [5, 5.41) is 3.98. The minimum Gasteiger partial charge on any atom is -0.449 e. The third kappa shape index (κ3) is 5.50. The van der Waals surface area contributed by atoms with Gasteiger partial charge in [0.1, 0.15) is 0 Å². The molecule has 0 amide bonds. The fourth-order valence-electron chi connectivity index (χ4n) is 3.35. The van der Waals surface area contributed by atoms with Gasteiger partial charge in [0.2, 0.25) is 0 Å². The highest BCUT2D eigenvalue weighted by Gasteiger charge is 2.19. The summed E-state index contributed by atoms with van der Waals surface area (Å²) in [6, 6.07) is 6.36. The van der Waals surface area contributed by atoms with Crippen LogP contribution in [0.3, 0.4) is 0 Å². The Morgan fingerprint density at radius 3 is 1.96 bits per heavy atom. The van der Waals surface area contributed by atoms with Gasteiger partial charge < -0.3 is 9.47 Å². The predicted octanol–water partition coefficient (Wildman–Crippen LogP) is 8.11. The van der Waals surface area contributed by atoms with E-state index in [9.17, 15) is 0 Å². The fourth-order valence-corrected chi connectivity index (χ4v) is 3.99. The van der Waals surface area contributed by atoms with Crippen LogP contribution in [0.4, 0.5) is 0 Å². The first-order chi connectivity index (χ1) is 12.4. The maximum absolute atomic E-state index is 5.94. The summed E-state index contributed by atoms with van der Waals surface area (Å²) in [7, 11) is 0. The van der Waals surface area contributed by atoms with E-state index >= 15 is 0 Å². The van der Waals surface area contributed by atoms with Crippen LogP contribution in [-0.2, 0) is 6.42 Å². The molecule has 2 heterocycles. The van der Waals surface area contributed by atoms with Crippen LogP contribution in [0.2, 0.25) is 0 Å². The molecule has 2 nitrogen and oxygen atoms in total. The van der Waals surface area contributed by atoms with E-state index < -0.39 is 0 Å². The van der Waals surface area contributed by atoms with Crippen molar-refractivity contribution in [2.24, 2.45) is 0 Å². The van der Waals surface area contributed by atoms with Crippen molar-refractivity contribution >= 4 is 11.3 Å². The second-order valence-electron chi connectivity index (χ2n) is 7.02. The molecule has 0 spiro atoms. The van der Waals surface area contributed by atoms with Crippen molar-refractivity contribution in [3.8, 4) is 23.0 Å². The van der Waals surface area contributed by atoms with Crippen molar-refractivity contribution in [2.45, 2.75) is 77.6 Å². The van der Waals surface area contributed by atoms with E-state index in [0.29, 0.717) is 0 Å². The number of ether oxygens (including phenoxy) is 2. The fraction of sp³-hybridized carbons (Fsp3) is 0.545. The number of benzene rings is 1. The zero-order valence-corrected chi connectivity index (χ0v) is 16.2. The molecule has 0 fully saturated rings. The summed E-state index contributed by atoms with van der Waals surface area (Å²) in [6.45, 7) is 2.28. The summed E-state index contributed by atoms with van der Waals surface area (Å²) in [6.07, 6.45) is 14.9. The van der Waals surface area contributed by atoms with Gasteiger partial charge in [-0.15, -0.1) is 11.3 Å². The van der Waals surface area contributed by atoms with Crippen LogP contribution in [0, 0.1) is 0 Å². The van der Waals surface area contributed by atoms with Crippen molar-refractivity contribution in [1.82, 2.24) is 0 Å². The Hall–Kier alpha value is -1.48. The molecule has 1 aromatic carbocycles. The van der Waals surface area contributed by atoms with Crippen LogP contribution in [0.5, 0.6) is 23.0 Å². The molecule has 0 bridgehead atoms. The Bertz CT molecular complexity index is 647. The molecule has 0 radical (unpaired) electrons. The third-order valence-corrected chi connectivity index (χ3v) is 5.56. The van der Waals surface area contributed by atoms with Gasteiger partial charge in [-0.2, -0.15) is 0 Å². The summed E-state index contributed by atoms with van der Waals surface area (Å²) in [5.41, 5.74) is 1.35. The molecule has 1 aliphatic rings. The van der Waals surface area contributed by atoms with E-state index in [4.69, 9.17) is 9.47 Å². The number of rotatable bonds is 11. The van der Waals surface area contributed by atoms with Crippen LogP contribution in [-0.4, -0.2) is 0 Å². The molecule has 3 heteroatoms. The molecule has 0 N–H and O–H groups in total. The molecule has 136 valence electrons. The molecule has 0 aliphatic carbocycles. The smallest absolute Gasteiger partial charge is 0.180 e. The van der Waals surface area contributed by atoms with Crippen LogP contribution < -0.4 is 9.47 Å². The minimum atomic E-state index is 0.831. The highest BCUT2D eigenvalue weighted by molar-refractivity contribution is 7.08. The van der Waals surface area contributed by atoms with E-state index in [0.717, 1.165) is 29.4 Å². The SMILES string of the molecule is CCCCCCCCCCCCc1ccc2c(c1)Oc1cscc1O2. The predicted molar refractivity (Wildman–Crippen MR) is 106 cm³/mol. The van der Waals surface area contributed by atoms with E-state index in [1.165, 1.54) is 69.8 Å². The topological polar surface area (TPSA) is 18.5 Å². The Balaban J connectivity index is 1.31. The lowest BCUT2D eigenvalue weighted by Gasteiger charge is -2.18. The van der Waals surface area contributed by atoms with Gasteiger partial charge in [-0.05, 0) is 30.5 Å². The largest absolute Gasteiger partial charge is 0.449 e. The van der Waals surface area contributed by atoms with Crippen LogP contribution in [0.25, 0.3) is 0 Å². The minimum absolute atomic E-state index is 0.831. The summed E-state index contributed by atoms with van der Waals surface area (Å²) in [5.74, 6) is 3.36. The molecule has 1 aromatic heterocycles. The van der Waals surface area contributed by atoms with E-state index in [-0.39, 0.29) is 0 Å². The molecular weight excluding hydrogens is 328 g/mol. The standard InChI is InChI=1S/C22H30O2S/c1-2-3-4-5-6-7-8-9-10-11-12-18-13-14-19-20(15-18)24-22-17-25-16-21(22)23-19/h13-17H,2-12H2,1H3. The van der Waals surface area contributed by atoms with Crippen LogP contribution in [0.1, 0.15) is 76.7 Å². The molecule has 0 unspecified atom stereocenters. The number of hydrogen-bond donors (Lipinski definition) is 0. The van der Waals surface area contributed by atoms with Crippen molar-refractivity contribution in [3.05, 3.63) is 34.5 Å². The molecular formula is C22H30O2S. The number of aryl methyl sites for hydroxylation is 1. The molecule has 3 rings (SSSR count). The normalized spacial score (nSPS) is 12.2. The second-order valence-corrected chi connectivity index (χ2v) is 7.76. The number of unbranched alkanes of at least 4 members (excludes halogenated alkanes) is 9. The maximum Gasteiger partial charge on any atom is 0.180 e. The average molecular weight is 359 g/mol. The van der Waals surface area contributed by atoms with Gasteiger partial charge in [-0.1, -0.05) is 70.8 Å². The van der Waals surface area contributed by atoms with Gasteiger partial charge in [0, 0.05) is 10.8 Å². The number of hydrogen-bond acceptors (Lipinski definition) is 3. The van der Waals surface area contributed by atoms with Gasteiger partial charge >= 0.3 is 0 Å². The molecule has 1 aliphatic heterocycles. The quantitative estimate of drug-likeness (QED) is 0.322. The van der Waals surface area contributed by atoms with Gasteiger partial charge in [0.15, 0.2) is 23.0 Å². The van der Waals surface area contributed by atoms with Gasteiger partial charge in [-0.25, -0.2) is 0 Å². The summed E-state index contributed by atoms with van der Waals surface area (Å²) in [4.78, 5) is 0. The lowest BCUT2D eigenvalue weighted by atomic mass is 10.0. The first-order valence-electron chi connectivity index (χ1n) is 9.91.